The van der Waals surface area contributed by atoms with E-state index in [1.165, 1.54) is 90.6 Å². The predicted octanol–water partition coefficient (Wildman–Crippen LogP) is 8.87. The summed E-state index contributed by atoms with van der Waals surface area (Å²) in [6.45, 7) is 2.13. The first-order valence-electron chi connectivity index (χ1n) is 13.3. The third kappa shape index (κ3) is 5.85. The van der Waals surface area contributed by atoms with Crippen molar-refractivity contribution in [2.45, 2.75) is 58.3 Å². The van der Waals surface area contributed by atoms with E-state index < -0.39 is 0 Å². The number of fused-ring (bicyclic) bond motifs is 1. The second kappa shape index (κ2) is 11.0. The van der Waals surface area contributed by atoms with E-state index in [2.05, 4.69) is 110 Å². The number of aryl methyl sites for hydroxylation is 5. The fraction of sp³-hybridized carbons (Fsp3) is 0.294. The molecule has 4 aromatic carbocycles. The summed E-state index contributed by atoms with van der Waals surface area (Å²) < 4.78 is 0. The van der Waals surface area contributed by atoms with Gasteiger partial charge < -0.3 is 4.90 Å². The Morgan fingerprint density at radius 2 is 1.06 bits per heavy atom. The average molecular weight is 460 g/mol. The molecule has 178 valence electrons. The third-order valence-corrected chi connectivity index (χ3v) is 7.58. The minimum Gasteiger partial charge on any atom is -0.345 e. The molecule has 35 heavy (non-hydrogen) atoms. The number of hydrogen-bond donors (Lipinski definition) is 0. The van der Waals surface area contributed by atoms with Gasteiger partial charge in [-0.2, -0.15) is 0 Å². The lowest BCUT2D eigenvalue weighted by molar-refractivity contribution is 0.639. The Bertz CT molecular complexity index is 1230. The van der Waals surface area contributed by atoms with Crippen LogP contribution in [0.1, 0.15) is 53.5 Å². The molecule has 1 aliphatic carbocycles. The molecule has 1 nitrogen and oxygen atoms in total. The van der Waals surface area contributed by atoms with Gasteiger partial charge in [0.05, 0.1) is 0 Å². The summed E-state index contributed by atoms with van der Waals surface area (Å²) in [5.41, 5.74) is 12.4. The maximum Gasteiger partial charge on any atom is 0.0408 e. The van der Waals surface area contributed by atoms with Gasteiger partial charge in [-0.05, 0) is 103 Å². The van der Waals surface area contributed by atoms with Crippen LogP contribution >= 0.6 is 0 Å². The van der Waals surface area contributed by atoms with Crippen molar-refractivity contribution in [2.24, 2.45) is 0 Å². The minimum absolute atomic E-state index is 1.17. The van der Waals surface area contributed by atoms with Gasteiger partial charge in [-0.15, -0.1) is 0 Å². The molecule has 0 saturated carbocycles. The predicted molar refractivity (Wildman–Crippen MR) is 151 cm³/mol. The summed E-state index contributed by atoms with van der Waals surface area (Å²) in [4.78, 5) is 2.26. The van der Waals surface area contributed by atoms with Gasteiger partial charge >= 0.3 is 0 Å². The molecule has 0 aromatic heterocycles. The largest absolute Gasteiger partial charge is 0.345 e. The maximum atomic E-state index is 2.44. The Morgan fingerprint density at radius 3 is 1.63 bits per heavy atom. The van der Waals surface area contributed by atoms with Crippen molar-refractivity contribution < 1.29 is 0 Å². The van der Waals surface area contributed by atoms with E-state index in [0.29, 0.717) is 0 Å². The Hall–Kier alpha value is -3.32. The van der Waals surface area contributed by atoms with E-state index in [-0.39, 0.29) is 0 Å². The monoisotopic (exact) mass is 459 g/mol. The SMILES string of the molecule is Cc1ccc(-c2ccc(N(C)c3ccc(CCCCCCc4ccc5c(c4)CC5)cc3)cc2)cc1. The molecule has 1 heteroatoms. The van der Waals surface area contributed by atoms with Crippen LogP contribution in [-0.2, 0) is 25.7 Å². The second-order valence-electron chi connectivity index (χ2n) is 10.2. The van der Waals surface area contributed by atoms with E-state index in [1.807, 2.05) is 0 Å². The summed E-state index contributed by atoms with van der Waals surface area (Å²) in [6, 6.07) is 33.8. The maximum absolute atomic E-state index is 2.44. The molecule has 0 N–H and O–H groups in total. The lowest BCUT2D eigenvalue weighted by Gasteiger charge is -2.20. The van der Waals surface area contributed by atoms with Gasteiger partial charge in [0.2, 0.25) is 0 Å². The summed E-state index contributed by atoms with van der Waals surface area (Å²) in [6.07, 6.45) is 10.2. The van der Waals surface area contributed by atoms with Crippen LogP contribution in [0.15, 0.2) is 91.0 Å². The highest BCUT2D eigenvalue weighted by atomic mass is 15.1. The first-order valence-corrected chi connectivity index (χ1v) is 13.3. The fourth-order valence-corrected chi connectivity index (χ4v) is 5.07. The zero-order chi connectivity index (χ0) is 24.0. The third-order valence-electron chi connectivity index (χ3n) is 7.58. The molecule has 0 unspecified atom stereocenters. The lowest BCUT2D eigenvalue weighted by atomic mass is 9.86. The number of anilines is 2. The summed E-state index contributed by atoms with van der Waals surface area (Å²) in [5, 5.41) is 0. The fourth-order valence-electron chi connectivity index (χ4n) is 5.07. The molecule has 0 atom stereocenters. The number of benzene rings is 4. The highest BCUT2D eigenvalue weighted by Gasteiger charge is 2.12. The van der Waals surface area contributed by atoms with Gasteiger partial charge in [0.15, 0.2) is 0 Å². The van der Waals surface area contributed by atoms with Gasteiger partial charge in [0.25, 0.3) is 0 Å². The molecular formula is C34H37N. The van der Waals surface area contributed by atoms with Crippen molar-refractivity contribution in [3.8, 4) is 11.1 Å². The minimum atomic E-state index is 1.17. The highest BCUT2D eigenvalue weighted by molar-refractivity contribution is 5.69. The van der Waals surface area contributed by atoms with E-state index in [4.69, 9.17) is 0 Å². The zero-order valence-electron chi connectivity index (χ0n) is 21.3. The molecular weight excluding hydrogens is 422 g/mol. The zero-order valence-corrected chi connectivity index (χ0v) is 21.3. The number of hydrogen-bond acceptors (Lipinski definition) is 1. The molecule has 0 heterocycles. The first-order chi connectivity index (χ1) is 17.2. The molecule has 1 aliphatic rings. The van der Waals surface area contributed by atoms with Crippen molar-refractivity contribution in [1.29, 1.82) is 0 Å². The van der Waals surface area contributed by atoms with E-state index in [9.17, 15) is 0 Å². The van der Waals surface area contributed by atoms with Crippen LogP contribution in [0.4, 0.5) is 11.4 Å². The van der Waals surface area contributed by atoms with Crippen LogP contribution in [0.3, 0.4) is 0 Å². The van der Waals surface area contributed by atoms with Crippen LogP contribution in [0.2, 0.25) is 0 Å². The molecule has 0 saturated heterocycles. The van der Waals surface area contributed by atoms with E-state index in [0.717, 1.165) is 0 Å². The Balaban J connectivity index is 1.06. The van der Waals surface area contributed by atoms with Crippen molar-refractivity contribution in [2.75, 3.05) is 11.9 Å². The molecule has 0 amide bonds. The van der Waals surface area contributed by atoms with Crippen molar-refractivity contribution in [3.05, 3.63) is 119 Å². The van der Waals surface area contributed by atoms with Crippen LogP contribution in [0.25, 0.3) is 11.1 Å². The molecule has 5 rings (SSSR count). The van der Waals surface area contributed by atoms with Crippen LogP contribution in [-0.4, -0.2) is 7.05 Å². The van der Waals surface area contributed by atoms with Crippen molar-refractivity contribution >= 4 is 11.4 Å². The molecule has 0 radical (unpaired) electrons. The lowest BCUT2D eigenvalue weighted by Crippen LogP contribution is -2.09. The van der Waals surface area contributed by atoms with Gasteiger partial charge in [-0.1, -0.05) is 85.1 Å². The van der Waals surface area contributed by atoms with Crippen LogP contribution < -0.4 is 4.90 Å². The Kier molecular flexibility index (Phi) is 7.33. The Morgan fingerprint density at radius 1 is 0.543 bits per heavy atom. The topological polar surface area (TPSA) is 3.24 Å². The first kappa shape index (κ1) is 23.4. The van der Waals surface area contributed by atoms with Gasteiger partial charge in [0.1, 0.15) is 0 Å². The van der Waals surface area contributed by atoms with Crippen LogP contribution in [0.5, 0.6) is 0 Å². The molecule has 0 spiro atoms. The van der Waals surface area contributed by atoms with Crippen LogP contribution in [0, 0.1) is 6.92 Å². The Labute approximate surface area is 211 Å². The smallest absolute Gasteiger partial charge is 0.0408 e. The molecule has 0 aliphatic heterocycles. The van der Waals surface area contributed by atoms with E-state index >= 15 is 0 Å². The summed E-state index contributed by atoms with van der Waals surface area (Å²) in [7, 11) is 2.15. The molecule has 0 fully saturated rings. The van der Waals surface area contributed by atoms with Gasteiger partial charge in [0, 0.05) is 18.4 Å². The van der Waals surface area contributed by atoms with Crippen molar-refractivity contribution in [1.82, 2.24) is 0 Å². The number of unbranched alkanes of at least 4 members (excludes halogenated alkanes) is 3. The summed E-state index contributed by atoms with van der Waals surface area (Å²) >= 11 is 0. The second-order valence-corrected chi connectivity index (χ2v) is 10.2. The van der Waals surface area contributed by atoms with E-state index in [1.54, 1.807) is 11.1 Å². The highest BCUT2D eigenvalue weighted by Crippen LogP contribution is 2.28. The normalized spacial score (nSPS) is 12.2. The number of nitrogens with zero attached hydrogens (tertiary/aromatic N) is 1. The standard InChI is InChI=1S/C34H37N/c1-26-9-14-29(15-10-26)30-19-23-34(24-20-30)35(2)33-21-12-27(13-22-33)7-5-3-4-6-8-28-11-16-31-17-18-32(31)25-28/h9-16,19-25H,3-8,17-18H2,1-2H3. The van der Waals surface area contributed by atoms with Crippen molar-refractivity contribution in [3.63, 3.8) is 0 Å². The van der Waals surface area contributed by atoms with Gasteiger partial charge in [-0.25, -0.2) is 0 Å². The molecule has 4 aromatic rings. The summed E-state index contributed by atoms with van der Waals surface area (Å²) in [5.74, 6) is 0. The average Bonchev–Trinajstić information content (AvgIpc) is 2.88. The molecule has 0 bridgehead atoms. The number of rotatable bonds is 10. The quantitative estimate of drug-likeness (QED) is 0.214. The van der Waals surface area contributed by atoms with Gasteiger partial charge in [-0.3, -0.25) is 0 Å².